The second kappa shape index (κ2) is 4.91. The van der Waals surface area contributed by atoms with Crippen molar-refractivity contribution in [1.82, 2.24) is 24.2 Å². The smallest absolute Gasteiger partial charge is 0.161 e. The Hall–Kier alpha value is -2.21. The molecule has 0 bridgehead atoms. The van der Waals surface area contributed by atoms with E-state index in [0.29, 0.717) is 11.3 Å². The summed E-state index contributed by atoms with van der Waals surface area (Å²) in [7, 11) is 4.02. The summed E-state index contributed by atoms with van der Waals surface area (Å²) in [5.74, 6) is 0.420. The van der Waals surface area contributed by atoms with E-state index < -0.39 is 0 Å². The second-order valence-corrected chi connectivity index (χ2v) is 5.94. The quantitative estimate of drug-likeness (QED) is 0.692. The van der Waals surface area contributed by atoms with Crippen LogP contribution in [0.2, 0.25) is 0 Å². The SMILES string of the molecule is CN1CCCn2nc(-c3nc4c(F)cccc4n3C)cc2C1. The lowest BCUT2D eigenvalue weighted by Gasteiger charge is -2.10. The molecule has 0 saturated carbocycles. The highest BCUT2D eigenvalue weighted by Crippen LogP contribution is 2.26. The molecule has 0 saturated heterocycles. The number of aromatic nitrogens is 4. The van der Waals surface area contributed by atoms with Gasteiger partial charge >= 0.3 is 0 Å². The molecule has 2 aromatic heterocycles. The van der Waals surface area contributed by atoms with Crippen LogP contribution in [-0.2, 0) is 20.1 Å². The summed E-state index contributed by atoms with van der Waals surface area (Å²) in [6, 6.07) is 7.10. The van der Waals surface area contributed by atoms with Gasteiger partial charge in [-0.15, -0.1) is 0 Å². The van der Waals surface area contributed by atoms with Gasteiger partial charge in [-0.1, -0.05) is 6.07 Å². The molecule has 22 heavy (non-hydrogen) atoms. The molecule has 4 rings (SSSR count). The maximum Gasteiger partial charge on any atom is 0.161 e. The number of imidazole rings is 1. The minimum absolute atomic E-state index is 0.292. The molecule has 3 heterocycles. The normalized spacial score (nSPS) is 16.0. The lowest BCUT2D eigenvalue weighted by atomic mass is 10.3. The van der Waals surface area contributed by atoms with E-state index in [1.165, 1.54) is 11.8 Å². The van der Waals surface area contributed by atoms with Gasteiger partial charge in [0.1, 0.15) is 11.2 Å². The molecule has 5 nitrogen and oxygen atoms in total. The zero-order valence-corrected chi connectivity index (χ0v) is 12.8. The molecule has 1 aliphatic rings. The van der Waals surface area contributed by atoms with Crippen LogP contribution in [-0.4, -0.2) is 37.8 Å². The first kappa shape index (κ1) is 13.5. The molecule has 1 aromatic carbocycles. The summed E-state index contributed by atoms with van der Waals surface area (Å²) in [6.07, 6.45) is 1.09. The molecule has 0 spiro atoms. The summed E-state index contributed by atoms with van der Waals surface area (Å²) in [5.41, 5.74) is 3.18. The Morgan fingerprint density at radius 1 is 1.18 bits per heavy atom. The zero-order valence-electron chi connectivity index (χ0n) is 12.8. The van der Waals surface area contributed by atoms with E-state index in [1.807, 2.05) is 17.7 Å². The number of para-hydroxylation sites is 1. The first-order chi connectivity index (χ1) is 10.6. The van der Waals surface area contributed by atoms with Crippen molar-refractivity contribution in [2.75, 3.05) is 13.6 Å². The summed E-state index contributed by atoms with van der Waals surface area (Å²) in [5, 5.41) is 4.69. The van der Waals surface area contributed by atoms with Crippen LogP contribution in [0, 0.1) is 5.82 Å². The van der Waals surface area contributed by atoms with Crippen LogP contribution in [0.1, 0.15) is 12.1 Å². The molecule has 1 aliphatic heterocycles. The Kier molecular flexibility index (Phi) is 3.00. The Labute approximate surface area is 128 Å². The average Bonchev–Trinajstić information content (AvgIpc) is 2.97. The highest BCUT2D eigenvalue weighted by atomic mass is 19.1. The van der Waals surface area contributed by atoms with E-state index in [9.17, 15) is 4.39 Å². The third-order valence-corrected chi connectivity index (χ3v) is 4.30. The van der Waals surface area contributed by atoms with Crippen molar-refractivity contribution in [2.24, 2.45) is 7.05 Å². The van der Waals surface area contributed by atoms with Crippen molar-refractivity contribution in [3.05, 3.63) is 35.8 Å². The van der Waals surface area contributed by atoms with Gasteiger partial charge in [-0.25, -0.2) is 9.37 Å². The molecule has 0 fully saturated rings. The predicted octanol–water partition coefficient (Wildman–Crippen LogP) is 2.41. The van der Waals surface area contributed by atoms with Crippen LogP contribution in [0.4, 0.5) is 4.39 Å². The van der Waals surface area contributed by atoms with E-state index >= 15 is 0 Å². The largest absolute Gasteiger partial charge is 0.326 e. The number of fused-ring (bicyclic) bond motifs is 2. The second-order valence-electron chi connectivity index (χ2n) is 5.94. The Balaban J connectivity index is 1.84. The van der Waals surface area contributed by atoms with Gasteiger partial charge in [0, 0.05) is 26.7 Å². The van der Waals surface area contributed by atoms with Crippen LogP contribution in [0.3, 0.4) is 0 Å². The van der Waals surface area contributed by atoms with Gasteiger partial charge in [0.2, 0.25) is 0 Å². The van der Waals surface area contributed by atoms with Crippen molar-refractivity contribution in [3.63, 3.8) is 0 Å². The van der Waals surface area contributed by atoms with Gasteiger partial charge < -0.3 is 9.47 Å². The number of benzene rings is 1. The lowest BCUT2D eigenvalue weighted by Crippen LogP contribution is -2.16. The van der Waals surface area contributed by atoms with Crippen molar-refractivity contribution in [1.29, 1.82) is 0 Å². The molecular formula is C16H18FN5. The lowest BCUT2D eigenvalue weighted by molar-refractivity contribution is 0.332. The number of aryl methyl sites for hydroxylation is 2. The number of nitrogens with zero attached hydrogens (tertiary/aromatic N) is 5. The standard InChI is InChI=1S/C16H18FN5/c1-20-7-4-8-22-11(10-20)9-13(19-22)16-18-15-12(17)5-3-6-14(15)21(16)2/h3,5-6,9H,4,7-8,10H2,1-2H3. The Bertz CT molecular complexity index is 848. The van der Waals surface area contributed by atoms with E-state index in [2.05, 4.69) is 32.8 Å². The van der Waals surface area contributed by atoms with Crippen molar-refractivity contribution < 1.29 is 4.39 Å². The third-order valence-electron chi connectivity index (χ3n) is 4.30. The van der Waals surface area contributed by atoms with Crippen LogP contribution < -0.4 is 0 Å². The van der Waals surface area contributed by atoms with Gasteiger partial charge in [-0.2, -0.15) is 5.10 Å². The first-order valence-electron chi connectivity index (χ1n) is 7.50. The molecule has 0 N–H and O–H groups in total. The number of hydrogen-bond donors (Lipinski definition) is 0. The first-order valence-corrected chi connectivity index (χ1v) is 7.50. The third kappa shape index (κ3) is 2.02. The molecular weight excluding hydrogens is 281 g/mol. The molecule has 114 valence electrons. The van der Waals surface area contributed by atoms with Gasteiger partial charge in [-0.05, 0) is 31.7 Å². The molecule has 0 atom stereocenters. The van der Waals surface area contributed by atoms with Crippen molar-refractivity contribution in [2.45, 2.75) is 19.5 Å². The van der Waals surface area contributed by atoms with Crippen molar-refractivity contribution >= 4 is 11.0 Å². The minimum Gasteiger partial charge on any atom is -0.326 e. The van der Waals surface area contributed by atoms with E-state index in [0.717, 1.165) is 37.3 Å². The van der Waals surface area contributed by atoms with Crippen LogP contribution in [0.15, 0.2) is 24.3 Å². The van der Waals surface area contributed by atoms with Crippen LogP contribution in [0.25, 0.3) is 22.6 Å². The fourth-order valence-corrected chi connectivity index (χ4v) is 3.14. The van der Waals surface area contributed by atoms with Crippen LogP contribution >= 0.6 is 0 Å². The molecule has 3 aromatic rings. The Morgan fingerprint density at radius 2 is 2.05 bits per heavy atom. The fraction of sp³-hybridized carbons (Fsp3) is 0.375. The maximum absolute atomic E-state index is 13.9. The molecule has 6 heteroatoms. The van der Waals surface area contributed by atoms with Gasteiger partial charge in [-0.3, -0.25) is 4.68 Å². The van der Waals surface area contributed by atoms with E-state index in [1.54, 1.807) is 6.07 Å². The summed E-state index contributed by atoms with van der Waals surface area (Å²) in [4.78, 5) is 6.76. The molecule has 0 amide bonds. The topological polar surface area (TPSA) is 38.9 Å². The average molecular weight is 299 g/mol. The van der Waals surface area contributed by atoms with Crippen LogP contribution in [0.5, 0.6) is 0 Å². The number of hydrogen-bond acceptors (Lipinski definition) is 3. The predicted molar refractivity (Wildman–Crippen MR) is 82.8 cm³/mol. The molecule has 0 radical (unpaired) electrons. The summed E-state index contributed by atoms with van der Waals surface area (Å²) < 4.78 is 17.9. The molecule has 0 unspecified atom stereocenters. The Morgan fingerprint density at radius 3 is 2.86 bits per heavy atom. The van der Waals surface area contributed by atoms with Gasteiger partial charge in [0.05, 0.1) is 11.2 Å². The summed E-state index contributed by atoms with van der Waals surface area (Å²) >= 11 is 0. The monoisotopic (exact) mass is 299 g/mol. The fourth-order valence-electron chi connectivity index (χ4n) is 3.14. The number of halogens is 1. The highest BCUT2D eigenvalue weighted by molar-refractivity contribution is 5.80. The minimum atomic E-state index is -0.292. The zero-order chi connectivity index (χ0) is 15.3. The van der Waals surface area contributed by atoms with E-state index in [4.69, 9.17) is 0 Å². The molecule has 0 aliphatic carbocycles. The maximum atomic E-state index is 13.9. The van der Waals surface area contributed by atoms with Gasteiger partial charge in [0.25, 0.3) is 0 Å². The van der Waals surface area contributed by atoms with E-state index in [-0.39, 0.29) is 5.82 Å². The summed E-state index contributed by atoms with van der Waals surface area (Å²) in [6.45, 7) is 2.87. The number of rotatable bonds is 1. The van der Waals surface area contributed by atoms with Gasteiger partial charge in [0.15, 0.2) is 11.6 Å². The highest BCUT2D eigenvalue weighted by Gasteiger charge is 2.19. The van der Waals surface area contributed by atoms with Crippen molar-refractivity contribution in [3.8, 4) is 11.5 Å².